The Morgan fingerprint density at radius 2 is 1.84 bits per heavy atom. The highest BCUT2D eigenvalue weighted by molar-refractivity contribution is 9.10. The summed E-state index contributed by atoms with van der Waals surface area (Å²) < 4.78 is 20.4. The molecule has 0 fully saturated rings. The Morgan fingerprint density at radius 3 is 2.47 bits per heavy atom. The van der Waals surface area contributed by atoms with Gasteiger partial charge in [-0.25, -0.2) is 4.39 Å². The molecule has 0 saturated heterocycles. The number of benzene rings is 2. The average molecular weight is 324 g/mol. The lowest BCUT2D eigenvalue weighted by Crippen LogP contribution is -2.02. The van der Waals surface area contributed by atoms with Crippen molar-refractivity contribution in [3.05, 3.63) is 57.3 Å². The Labute approximate surface area is 120 Å². The maximum atomic E-state index is 13.7. The Kier molecular flexibility index (Phi) is 4.10. The lowest BCUT2D eigenvalue weighted by Gasteiger charge is -2.11. The fraction of sp³-hybridized carbons (Fsp3) is 0.200. The molecule has 0 heterocycles. The number of rotatable bonds is 3. The predicted molar refractivity (Wildman–Crippen MR) is 78.8 cm³/mol. The molecule has 0 amide bonds. The molecule has 0 saturated carbocycles. The van der Waals surface area contributed by atoms with E-state index in [2.05, 4.69) is 15.9 Å². The number of hydrogen-bond acceptors (Lipinski definition) is 2. The van der Waals surface area contributed by atoms with Gasteiger partial charge in [-0.15, -0.1) is 0 Å². The summed E-state index contributed by atoms with van der Waals surface area (Å²) in [6, 6.07) is 8.76. The second kappa shape index (κ2) is 5.61. The highest BCUT2D eigenvalue weighted by atomic mass is 79.9. The minimum Gasteiger partial charge on any atom is -0.489 e. The van der Waals surface area contributed by atoms with E-state index in [1.807, 2.05) is 26.0 Å². The van der Waals surface area contributed by atoms with Gasteiger partial charge in [-0.1, -0.05) is 28.1 Å². The minimum absolute atomic E-state index is 0.143. The van der Waals surface area contributed by atoms with Gasteiger partial charge < -0.3 is 10.5 Å². The molecule has 0 bridgehead atoms. The molecule has 0 spiro atoms. The van der Waals surface area contributed by atoms with Crippen molar-refractivity contribution in [3.8, 4) is 5.75 Å². The molecule has 2 rings (SSSR count). The summed E-state index contributed by atoms with van der Waals surface area (Å²) in [7, 11) is 0. The van der Waals surface area contributed by atoms with Crippen molar-refractivity contribution in [2.24, 2.45) is 0 Å². The van der Waals surface area contributed by atoms with Crippen molar-refractivity contribution in [2.75, 3.05) is 5.73 Å². The average Bonchev–Trinajstić information content (AvgIpc) is 2.37. The molecule has 0 atom stereocenters. The fourth-order valence-electron chi connectivity index (χ4n) is 1.86. The summed E-state index contributed by atoms with van der Waals surface area (Å²) in [4.78, 5) is 0. The third-order valence-electron chi connectivity index (χ3n) is 2.91. The maximum absolute atomic E-state index is 13.7. The monoisotopic (exact) mass is 323 g/mol. The van der Waals surface area contributed by atoms with Crippen LogP contribution in [0.25, 0.3) is 0 Å². The standard InChI is InChI=1S/C15H15BrFNO/c1-9-6-12(7-10(2)14(9)16)19-8-11-4-3-5-13(18)15(11)17/h3-7H,8,18H2,1-2H3. The number of nitrogen functional groups attached to an aromatic ring is 1. The first-order valence-electron chi connectivity index (χ1n) is 5.91. The molecule has 2 aromatic carbocycles. The van der Waals surface area contributed by atoms with E-state index in [0.29, 0.717) is 5.56 Å². The van der Waals surface area contributed by atoms with E-state index in [1.54, 1.807) is 12.1 Å². The Hall–Kier alpha value is -1.55. The van der Waals surface area contributed by atoms with Crippen LogP contribution in [0.5, 0.6) is 5.75 Å². The summed E-state index contributed by atoms with van der Waals surface area (Å²) in [5.74, 6) is 0.313. The van der Waals surface area contributed by atoms with Crippen LogP contribution in [0.3, 0.4) is 0 Å². The summed E-state index contributed by atoms with van der Waals surface area (Å²) in [5.41, 5.74) is 8.29. The van der Waals surface area contributed by atoms with Crippen molar-refractivity contribution in [2.45, 2.75) is 20.5 Å². The van der Waals surface area contributed by atoms with Crippen molar-refractivity contribution < 1.29 is 9.13 Å². The van der Waals surface area contributed by atoms with Gasteiger partial charge in [-0.2, -0.15) is 0 Å². The first-order valence-corrected chi connectivity index (χ1v) is 6.70. The largest absolute Gasteiger partial charge is 0.489 e. The van der Waals surface area contributed by atoms with Crippen molar-refractivity contribution in [1.29, 1.82) is 0 Å². The highest BCUT2D eigenvalue weighted by Crippen LogP contribution is 2.27. The van der Waals surface area contributed by atoms with Crippen molar-refractivity contribution in [3.63, 3.8) is 0 Å². The zero-order valence-electron chi connectivity index (χ0n) is 10.8. The minimum atomic E-state index is -0.409. The molecule has 100 valence electrons. The number of aryl methyl sites for hydroxylation is 2. The van der Waals surface area contributed by atoms with E-state index in [1.165, 1.54) is 6.07 Å². The molecule has 2 nitrogen and oxygen atoms in total. The number of hydrogen-bond donors (Lipinski definition) is 1. The smallest absolute Gasteiger partial charge is 0.152 e. The molecule has 0 radical (unpaired) electrons. The van der Waals surface area contributed by atoms with Crippen LogP contribution in [-0.4, -0.2) is 0 Å². The zero-order valence-corrected chi connectivity index (χ0v) is 12.4. The number of nitrogens with two attached hydrogens (primary N) is 1. The lowest BCUT2D eigenvalue weighted by molar-refractivity contribution is 0.299. The lowest BCUT2D eigenvalue weighted by atomic mass is 10.1. The van der Waals surface area contributed by atoms with E-state index in [-0.39, 0.29) is 12.3 Å². The molecule has 0 aromatic heterocycles. The molecule has 0 aliphatic rings. The van der Waals surface area contributed by atoms with Crippen LogP contribution >= 0.6 is 15.9 Å². The Balaban J connectivity index is 2.17. The van der Waals surface area contributed by atoms with Gasteiger partial charge in [0, 0.05) is 10.0 Å². The van der Waals surface area contributed by atoms with Crippen molar-refractivity contribution >= 4 is 21.6 Å². The molecular weight excluding hydrogens is 309 g/mol. The first-order chi connectivity index (χ1) is 8.99. The second-order valence-corrected chi connectivity index (χ2v) is 5.27. The van der Waals surface area contributed by atoms with E-state index in [0.717, 1.165) is 21.3 Å². The third kappa shape index (κ3) is 3.07. The summed E-state index contributed by atoms with van der Waals surface area (Å²) >= 11 is 3.50. The van der Waals surface area contributed by atoms with E-state index < -0.39 is 5.82 Å². The molecule has 0 unspecified atom stereocenters. The highest BCUT2D eigenvalue weighted by Gasteiger charge is 2.07. The van der Waals surface area contributed by atoms with E-state index in [4.69, 9.17) is 10.5 Å². The van der Waals surface area contributed by atoms with Gasteiger partial charge in [0.15, 0.2) is 5.82 Å². The molecular formula is C15H15BrFNO. The van der Waals surface area contributed by atoms with E-state index in [9.17, 15) is 4.39 Å². The van der Waals surface area contributed by atoms with Gasteiger partial charge in [0.1, 0.15) is 12.4 Å². The maximum Gasteiger partial charge on any atom is 0.152 e. The summed E-state index contributed by atoms with van der Waals surface area (Å²) in [5, 5.41) is 0. The summed E-state index contributed by atoms with van der Waals surface area (Å²) in [6.07, 6.45) is 0. The second-order valence-electron chi connectivity index (χ2n) is 4.48. The third-order valence-corrected chi connectivity index (χ3v) is 4.16. The zero-order chi connectivity index (χ0) is 14.0. The SMILES string of the molecule is Cc1cc(OCc2cccc(N)c2F)cc(C)c1Br. The molecule has 2 aromatic rings. The Morgan fingerprint density at radius 1 is 1.21 bits per heavy atom. The van der Waals surface area contributed by atoms with Gasteiger partial charge in [-0.3, -0.25) is 0 Å². The predicted octanol–water partition coefficient (Wildman–Crippen LogP) is 4.37. The Bertz CT molecular complexity index is 590. The number of ether oxygens (including phenoxy) is 1. The quantitative estimate of drug-likeness (QED) is 0.851. The van der Waals surface area contributed by atoms with Crippen LogP contribution in [-0.2, 0) is 6.61 Å². The van der Waals surface area contributed by atoms with Crippen molar-refractivity contribution in [1.82, 2.24) is 0 Å². The van der Waals surface area contributed by atoms with Crippen LogP contribution < -0.4 is 10.5 Å². The van der Waals surface area contributed by atoms with Gasteiger partial charge in [-0.05, 0) is 43.2 Å². The van der Waals surface area contributed by atoms with Gasteiger partial charge in [0.2, 0.25) is 0 Å². The van der Waals surface area contributed by atoms with Crippen LogP contribution in [0.1, 0.15) is 16.7 Å². The van der Waals surface area contributed by atoms with E-state index >= 15 is 0 Å². The fourth-order valence-corrected chi connectivity index (χ4v) is 2.09. The van der Waals surface area contributed by atoms with Gasteiger partial charge in [0.05, 0.1) is 5.69 Å². The molecule has 2 N–H and O–H groups in total. The summed E-state index contributed by atoms with van der Waals surface area (Å²) in [6.45, 7) is 4.15. The normalized spacial score (nSPS) is 10.5. The molecule has 0 aliphatic carbocycles. The molecule has 19 heavy (non-hydrogen) atoms. The van der Waals surface area contributed by atoms with Crippen LogP contribution in [0.2, 0.25) is 0 Å². The first kappa shape index (κ1) is 13.9. The number of anilines is 1. The van der Waals surface area contributed by atoms with Gasteiger partial charge in [0.25, 0.3) is 0 Å². The van der Waals surface area contributed by atoms with Crippen LogP contribution in [0.15, 0.2) is 34.8 Å². The van der Waals surface area contributed by atoms with Crippen LogP contribution in [0.4, 0.5) is 10.1 Å². The number of halogens is 2. The van der Waals surface area contributed by atoms with Gasteiger partial charge >= 0.3 is 0 Å². The molecule has 4 heteroatoms. The topological polar surface area (TPSA) is 35.2 Å². The molecule has 0 aliphatic heterocycles. The van der Waals surface area contributed by atoms with Crippen LogP contribution in [0, 0.1) is 19.7 Å².